The van der Waals surface area contributed by atoms with Gasteiger partial charge in [-0.1, -0.05) is 17.7 Å². The van der Waals surface area contributed by atoms with E-state index >= 15 is 0 Å². The number of aromatic amines is 2. The molecule has 2 rings (SSSR count). The molecule has 1 aromatic heterocycles. The maximum absolute atomic E-state index is 11.5. The number of H-pyrrole nitrogens is 2. The number of rotatable bonds is 2. The lowest BCUT2D eigenvalue weighted by atomic mass is 10.2. The van der Waals surface area contributed by atoms with Crippen LogP contribution >= 0.6 is 0 Å². The highest BCUT2D eigenvalue weighted by Gasteiger charge is 2.03. The summed E-state index contributed by atoms with van der Waals surface area (Å²) in [4.78, 5) is 27.1. The summed E-state index contributed by atoms with van der Waals surface area (Å²) in [5, 5.41) is 7.81. The summed E-state index contributed by atoms with van der Waals surface area (Å²) in [7, 11) is 0. The van der Waals surface area contributed by atoms with Gasteiger partial charge in [0.1, 0.15) is 0 Å². The van der Waals surface area contributed by atoms with Gasteiger partial charge < -0.3 is 4.98 Å². The van der Waals surface area contributed by atoms with Crippen molar-refractivity contribution >= 4 is 11.4 Å². The summed E-state index contributed by atoms with van der Waals surface area (Å²) in [6.07, 6.45) is 0. The molecule has 0 spiro atoms. The average Bonchev–Trinajstić information content (AvgIpc) is 2.30. The Morgan fingerprint density at radius 1 is 0.944 bits per heavy atom. The van der Waals surface area contributed by atoms with Crippen molar-refractivity contribution in [3.63, 3.8) is 0 Å². The fourth-order valence-corrected chi connectivity index (χ4v) is 1.43. The lowest BCUT2D eigenvalue weighted by Crippen LogP contribution is -2.22. The summed E-state index contributed by atoms with van der Waals surface area (Å²) < 4.78 is 0. The van der Waals surface area contributed by atoms with E-state index in [2.05, 4.69) is 20.2 Å². The summed E-state index contributed by atoms with van der Waals surface area (Å²) in [6.45, 7) is 3.57. The minimum Gasteiger partial charge on any atom is -0.309 e. The molecule has 0 radical (unpaired) electrons. The van der Waals surface area contributed by atoms with Gasteiger partial charge in [0, 0.05) is 5.69 Å². The molecule has 0 fully saturated rings. The molecule has 0 bridgehead atoms. The number of azo groups is 1. The topological polar surface area (TPSA) is 90.4 Å². The van der Waals surface area contributed by atoms with Crippen molar-refractivity contribution in [2.45, 2.75) is 13.8 Å². The van der Waals surface area contributed by atoms with Crippen molar-refractivity contribution in [1.82, 2.24) is 9.97 Å². The molecular formula is C12H12N4O2. The highest BCUT2D eigenvalue weighted by Crippen LogP contribution is 2.16. The largest absolute Gasteiger partial charge is 0.326 e. The van der Waals surface area contributed by atoms with Crippen molar-refractivity contribution < 1.29 is 0 Å². The van der Waals surface area contributed by atoms with Crippen LogP contribution in [0.5, 0.6) is 0 Å². The minimum atomic E-state index is -0.549. The van der Waals surface area contributed by atoms with E-state index in [0.29, 0.717) is 11.4 Å². The molecule has 1 aromatic carbocycles. The second kappa shape index (κ2) is 4.79. The Hall–Kier alpha value is -2.50. The van der Waals surface area contributed by atoms with Gasteiger partial charge in [-0.2, -0.15) is 5.11 Å². The quantitative estimate of drug-likeness (QED) is 0.792. The Bertz CT molecular complexity index is 695. The molecule has 0 atom stereocenters. The molecule has 92 valence electrons. The van der Waals surface area contributed by atoms with Crippen molar-refractivity contribution in [2.75, 3.05) is 0 Å². The van der Waals surface area contributed by atoms with Crippen LogP contribution in [0.15, 0.2) is 44.1 Å². The molecule has 0 amide bonds. The number of benzene rings is 1. The standard InChI is InChI=1S/C12H12N4O2/c1-7-3-5-9(6-4-7)15-16-10-8(2)13-12(18)14-11(10)17/h3-6H,1-2H3,(H2,13,14,17,18). The fourth-order valence-electron chi connectivity index (χ4n) is 1.43. The van der Waals surface area contributed by atoms with Gasteiger partial charge >= 0.3 is 5.69 Å². The molecule has 2 N–H and O–H groups in total. The molecular weight excluding hydrogens is 232 g/mol. The van der Waals surface area contributed by atoms with E-state index < -0.39 is 11.2 Å². The molecule has 0 saturated carbocycles. The summed E-state index contributed by atoms with van der Waals surface area (Å²) >= 11 is 0. The molecule has 1 heterocycles. The van der Waals surface area contributed by atoms with E-state index in [-0.39, 0.29) is 5.69 Å². The number of aromatic nitrogens is 2. The second-order valence-corrected chi connectivity index (χ2v) is 3.92. The van der Waals surface area contributed by atoms with Crippen LogP contribution in [-0.2, 0) is 0 Å². The van der Waals surface area contributed by atoms with Crippen LogP contribution < -0.4 is 11.2 Å². The maximum atomic E-state index is 11.5. The highest BCUT2D eigenvalue weighted by atomic mass is 16.2. The first-order valence-corrected chi connectivity index (χ1v) is 5.38. The van der Waals surface area contributed by atoms with Gasteiger partial charge in [0.2, 0.25) is 0 Å². The Balaban J connectivity index is 2.38. The molecule has 0 saturated heterocycles. The van der Waals surface area contributed by atoms with E-state index in [1.165, 1.54) is 0 Å². The van der Waals surface area contributed by atoms with Crippen LogP contribution in [0, 0.1) is 13.8 Å². The van der Waals surface area contributed by atoms with Crippen LogP contribution in [0.4, 0.5) is 11.4 Å². The first-order chi connectivity index (χ1) is 8.56. The Labute approximate surface area is 102 Å². The van der Waals surface area contributed by atoms with Gasteiger partial charge in [-0.25, -0.2) is 4.79 Å². The van der Waals surface area contributed by atoms with Gasteiger partial charge in [0.05, 0.1) is 5.69 Å². The third-order valence-electron chi connectivity index (χ3n) is 2.40. The summed E-state index contributed by atoms with van der Waals surface area (Å²) in [5.41, 5.74) is 1.16. The number of nitrogens with one attached hydrogen (secondary N) is 2. The number of nitrogens with zero attached hydrogens (tertiary/aromatic N) is 2. The molecule has 0 aliphatic rings. The SMILES string of the molecule is Cc1ccc(N=Nc2c(C)[nH]c(=O)[nH]c2=O)cc1. The molecule has 0 aliphatic carbocycles. The van der Waals surface area contributed by atoms with Gasteiger partial charge in [-0.3, -0.25) is 9.78 Å². The Kier molecular flexibility index (Phi) is 3.18. The van der Waals surface area contributed by atoms with E-state index in [1.54, 1.807) is 19.1 Å². The fraction of sp³-hybridized carbons (Fsp3) is 0.167. The Morgan fingerprint density at radius 2 is 1.61 bits per heavy atom. The average molecular weight is 244 g/mol. The van der Waals surface area contributed by atoms with Gasteiger partial charge in [0.25, 0.3) is 5.56 Å². The first kappa shape index (κ1) is 12.0. The van der Waals surface area contributed by atoms with Gasteiger partial charge in [-0.05, 0) is 26.0 Å². The van der Waals surface area contributed by atoms with Crippen LogP contribution in [0.3, 0.4) is 0 Å². The highest BCUT2D eigenvalue weighted by molar-refractivity contribution is 5.41. The molecule has 2 aromatic rings. The van der Waals surface area contributed by atoms with E-state index in [0.717, 1.165) is 5.56 Å². The maximum Gasteiger partial charge on any atom is 0.326 e. The zero-order valence-corrected chi connectivity index (χ0v) is 10.0. The van der Waals surface area contributed by atoms with Crippen LogP contribution in [0.25, 0.3) is 0 Å². The second-order valence-electron chi connectivity index (χ2n) is 3.92. The number of aryl methyl sites for hydroxylation is 2. The third-order valence-corrected chi connectivity index (χ3v) is 2.40. The molecule has 0 unspecified atom stereocenters. The number of hydrogen-bond donors (Lipinski definition) is 2. The first-order valence-electron chi connectivity index (χ1n) is 5.38. The minimum absolute atomic E-state index is 0.107. The van der Waals surface area contributed by atoms with Crippen LogP contribution in [-0.4, -0.2) is 9.97 Å². The normalized spacial score (nSPS) is 11.0. The van der Waals surface area contributed by atoms with Gasteiger partial charge in [0.15, 0.2) is 5.69 Å². The lowest BCUT2D eigenvalue weighted by Gasteiger charge is -1.97. The monoisotopic (exact) mass is 244 g/mol. The van der Waals surface area contributed by atoms with Crippen LogP contribution in [0.1, 0.15) is 11.3 Å². The van der Waals surface area contributed by atoms with Gasteiger partial charge in [-0.15, -0.1) is 5.11 Å². The Morgan fingerprint density at radius 3 is 2.22 bits per heavy atom. The van der Waals surface area contributed by atoms with E-state index in [1.807, 2.05) is 19.1 Å². The predicted octanol–water partition coefficient (Wildman–Crippen LogP) is 2.10. The molecule has 0 aliphatic heterocycles. The summed E-state index contributed by atoms with van der Waals surface area (Å²) in [6, 6.07) is 7.40. The van der Waals surface area contributed by atoms with E-state index in [4.69, 9.17) is 0 Å². The van der Waals surface area contributed by atoms with E-state index in [9.17, 15) is 9.59 Å². The number of hydrogen-bond acceptors (Lipinski definition) is 4. The van der Waals surface area contributed by atoms with Crippen LogP contribution in [0.2, 0.25) is 0 Å². The predicted molar refractivity (Wildman–Crippen MR) is 67.8 cm³/mol. The smallest absolute Gasteiger partial charge is 0.309 e. The summed E-state index contributed by atoms with van der Waals surface area (Å²) in [5.74, 6) is 0. The third kappa shape index (κ3) is 2.60. The van der Waals surface area contributed by atoms with Crippen molar-refractivity contribution in [3.05, 3.63) is 56.4 Å². The lowest BCUT2D eigenvalue weighted by molar-refractivity contribution is 0.977. The zero-order valence-electron chi connectivity index (χ0n) is 10.0. The molecule has 6 nitrogen and oxygen atoms in total. The molecule has 18 heavy (non-hydrogen) atoms. The van der Waals surface area contributed by atoms with Crippen molar-refractivity contribution in [2.24, 2.45) is 10.2 Å². The molecule has 6 heteroatoms. The van der Waals surface area contributed by atoms with Crippen molar-refractivity contribution in [1.29, 1.82) is 0 Å². The van der Waals surface area contributed by atoms with Crippen molar-refractivity contribution in [3.8, 4) is 0 Å². The zero-order chi connectivity index (χ0) is 13.1.